The molecule has 0 spiro atoms. The summed E-state index contributed by atoms with van der Waals surface area (Å²) in [5.74, 6) is 1.26. The Labute approximate surface area is 187 Å². The van der Waals surface area contributed by atoms with Crippen molar-refractivity contribution in [1.29, 1.82) is 0 Å². The number of hydrogen-bond donors (Lipinski definition) is 0. The molecule has 0 bridgehead atoms. The summed E-state index contributed by atoms with van der Waals surface area (Å²) in [6, 6.07) is 8.10. The van der Waals surface area contributed by atoms with Crippen LogP contribution in [0.15, 0.2) is 39.6 Å². The Kier molecular flexibility index (Phi) is 6.54. The molecule has 9 heteroatoms. The van der Waals surface area contributed by atoms with Gasteiger partial charge in [0, 0.05) is 19.2 Å². The number of ether oxygens (including phenoxy) is 3. The third-order valence-corrected chi connectivity index (χ3v) is 5.94. The highest BCUT2D eigenvalue weighted by atomic mass is 79.9. The van der Waals surface area contributed by atoms with E-state index in [-0.39, 0.29) is 17.9 Å². The zero-order chi connectivity index (χ0) is 22.0. The van der Waals surface area contributed by atoms with E-state index in [1.54, 1.807) is 35.9 Å². The molecule has 2 heterocycles. The van der Waals surface area contributed by atoms with Crippen molar-refractivity contribution in [1.82, 2.24) is 14.5 Å². The fourth-order valence-electron chi connectivity index (χ4n) is 3.66. The van der Waals surface area contributed by atoms with Gasteiger partial charge >= 0.3 is 0 Å². The van der Waals surface area contributed by atoms with Gasteiger partial charge in [-0.2, -0.15) is 0 Å². The van der Waals surface area contributed by atoms with Crippen molar-refractivity contribution < 1.29 is 18.6 Å². The molecular formula is C22H23BrFN3O4. The van der Waals surface area contributed by atoms with Gasteiger partial charge in [0.1, 0.15) is 11.6 Å². The molecule has 0 radical (unpaired) electrons. The maximum atomic E-state index is 13.7. The van der Waals surface area contributed by atoms with Gasteiger partial charge in [-0.25, -0.2) is 9.37 Å². The minimum Gasteiger partial charge on any atom is -0.493 e. The van der Waals surface area contributed by atoms with E-state index >= 15 is 0 Å². The molecule has 4 rings (SSSR count). The number of hydrogen-bond acceptors (Lipinski definition) is 6. The third kappa shape index (κ3) is 4.58. The van der Waals surface area contributed by atoms with E-state index in [1.165, 1.54) is 13.2 Å². The van der Waals surface area contributed by atoms with Crippen molar-refractivity contribution >= 4 is 26.8 Å². The molecule has 0 unspecified atom stereocenters. The van der Waals surface area contributed by atoms with Crippen molar-refractivity contribution in [3.8, 4) is 11.5 Å². The molecule has 0 atom stereocenters. The zero-order valence-corrected chi connectivity index (χ0v) is 18.9. The molecular weight excluding hydrogens is 469 g/mol. The Morgan fingerprint density at radius 1 is 1.10 bits per heavy atom. The van der Waals surface area contributed by atoms with Gasteiger partial charge in [0.15, 0.2) is 11.5 Å². The van der Waals surface area contributed by atoms with Crippen molar-refractivity contribution in [2.75, 3.05) is 40.5 Å². The lowest BCUT2D eigenvalue weighted by Crippen LogP contribution is -2.38. The Hall–Kier alpha value is -2.49. The highest BCUT2D eigenvalue weighted by molar-refractivity contribution is 9.10. The van der Waals surface area contributed by atoms with Crippen LogP contribution in [-0.4, -0.2) is 55.0 Å². The lowest BCUT2D eigenvalue weighted by Gasteiger charge is -2.27. The molecule has 1 aromatic heterocycles. The second-order valence-corrected chi connectivity index (χ2v) is 8.13. The average Bonchev–Trinajstić information content (AvgIpc) is 2.78. The first-order valence-corrected chi connectivity index (χ1v) is 10.7. The van der Waals surface area contributed by atoms with Crippen LogP contribution in [-0.2, 0) is 17.8 Å². The molecule has 1 saturated heterocycles. The fourth-order valence-corrected chi connectivity index (χ4v) is 4.08. The number of benzene rings is 2. The summed E-state index contributed by atoms with van der Waals surface area (Å²) in [4.78, 5) is 20.5. The minimum atomic E-state index is -0.349. The van der Waals surface area contributed by atoms with Crippen LogP contribution in [0.3, 0.4) is 0 Å². The first-order chi connectivity index (χ1) is 15.0. The van der Waals surface area contributed by atoms with Gasteiger partial charge in [-0.1, -0.05) is 6.07 Å². The summed E-state index contributed by atoms with van der Waals surface area (Å²) >= 11 is 3.22. The van der Waals surface area contributed by atoms with Crippen LogP contribution in [0.4, 0.5) is 4.39 Å². The van der Waals surface area contributed by atoms with Gasteiger partial charge in [-0.3, -0.25) is 14.3 Å². The van der Waals surface area contributed by atoms with Crippen molar-refractivity contribution in [3.63, 3.8) is 0 Å². The second-order valence-electron chi connectivity index (χ2n) is 7.28. The number of fused-ring (bicyclic) bond motifs is 1. The molecule has 1 fully saturated rings. The fraction of sp³-hybridized carbons (Fsp3) is 0.364. The summed E-state index contributed by atoms with van der Waals surface area (Å²) in [5, 5.41) is 0.435. The monoisotopic (exact) mass is 491 g/mol. The summed E-state index contributed by atoms with van der Waals surface area (Å²) in [6.07, 6.45) is 0. The highest BCUT2D eigenvalue weighted by Crippen LogP contribution is 2.30. The van der Waals surface area contributed by atoms with Crippen LogP contribution in [0.2, 0.25) is 0 Å². The summed E-state index contributed by atoms with van der Waals surface area (Å²) in [7, 11) is 3.07. The summed E-state index contributed by atoms with van der Waals surface area (Å²) in [5.41, 5.74) is 1.15. The molecule has 1 aliphatic rings. The second kappa shape index (κ2) is 9.33. The van der Waals surface area contributed by atoms with Gasteiger partial charge in [0.05, 0.1) is 55.9 Å². The molecule has 7 nitrogen and oxygen atoms in total. The molecule has 0 aliphatic carbocycles. The Balaban J connectivity index is 1.84. The molecule has 164 valence electrons. The first kappa shape index (κ1) is 21.7. The molecule has 0 N–H and O–H groups in total. The van der Waals surface area contributed by atoms with Gasteiger partial charge in [-0.15, -0.1) is 0 Å². The zero-order valence-electron chi connectivity index (χ0n) is 17.4. The number of halogens is 2. The molecule has 31 heavy (non-hydrogen) atoms. The average molecular weight is 492 g/mol. The van der Waals surface area contributed by atoms with Crippen molar-refractivity contribution in [2.45, 2.75) is 13.1 Å². The normalized spacial score (nSPS) is 14.7. The minimum absolute atomic E-state index is 0.186. The Morgan fingerprint density at radius 3 is 2.48 bits per heavy atom. The van der Waals surface area contributed by atoms with E-state index in [9.17, 15) is 9.18 Å². The predicted octanol–water partition coefficient (Wildman–Crippen LogP) is 3.20. The lowest BCUT2D eigenvalue weighted by atomic mass is 10.2. The van der Waals surface area contributed by atoms with Crippen LogP contribution in [0.25, 0.3) is 10.9 Å². The van der Waals surface area contributed by atoms with E-state index in [0.717, 1.165) is 18.7 Å². The predicted molar refractivity (Wildman–Crippen MR) is 118 cm³/mol. The number of nitrogens with zero attached hydrogens (tertiary/aromatic N) is 3. The van der Waals surface area contributed by atoms with Gasteiger partial charge < -0.3 is 14.2 Å². The highest BCUT2D eigenvalue weighted by Gasteiger charge is 2.19. The molecule has 0 amide bonds. The molecule has 0 saturated carbocycles. The number of methoxy groups -OCH3 is 2. The van der Waals surface area contributed by atoms with Crippen molar-refractivity contribution in [2.24, 2.45) is 0 Å². The number of aromatic nitrogens is 2. The number of rotatable bonds is 6. The maximum absolute atomic E-state index is 13.7. The van der Waals surface area contributed by atoms with E-state index < -0.39 is 0 Å². The lowest BCUT2D eigenvalue weighted by molar-refractivity contribution is 0.0325. The van der Waals surface area contributed by atoms with Crippen LogP contribution in [0, 0.1) is 5.82 Å². The first-order valence-electron chi connectivity index (χ1n) is 9.89. The van der Waals surface area contributed by atoms with E-state index in [1.807, 2.05) is 0 Å². The maximum Gasteiger partial charge on any atom is 0.261 e. The van der Waals surface area contributed by atoms with E-state index in [4.69, 9.17) is 19.2 Å². The van der Waals surface area contributed by atoms with Crippen LogP contribution in [0.1, 0.15) is 11.4 Å². The van der Waals surface area contributed by atoms with Gasteiger partial charge in [0.2, 0.25) is 0 Å². The smallest absolute Gasteiger partial charge is 0.261 e. The van der Waals surface area contributed by atoms with Crippen molar-refractivity contribution in [3.05, 3.63) is 62.4 Å². The van der Waals surface area contributed by atoms with E-state index in [0.29, 0.717) is 52.5 Å². The van der Waals surface area contributed by atoms with Crippen LogP contribution >= 0.6 is 15.9 Å². The Bertz CT molecular complexity index is 1160. The number of morpholine rings is 1. The summed E-state index contributed by atoms with van der Waals surface area (Å²) < 4.78 is 31.9. The quantitative estimate of drug-likeness (QED) is 0.527. The topological polar surface area (TPSA) is 65.8 Å². The SMILES string of the molecule is COc1cc2nc(CN3CCOCC3)n(Cc3ccc(F)c(Br)c3)c(=O)c2cc1OC. The standard InChI is InChI=1S/C22H23BrFN3O4/c1-29-19-10-15-18(11-20(19)30-2)25-21(13-26-5-7-31-8-6-26)27(22(15)28)12-14-3-4-17(24)16(23)9-14/h3-4,9-11H,5-8,12-13H2,1-2H3. The Morgan fingerprint density at radius 2 is 1.81 bits per heavy atom. The largest absolute Gasteiger partial charge is 0.493 e. The molecule has 1 aliphatic heterocycles. The third-order valence-electron chi connectivity index (χ3n) is 5.33. The summed E-state index contributed by atoms with van der Waals surface area (Å²) in [6.45, 7) is 3.60. The van der Waals surface area contributed by atoms with Gasteiger partial charge in [0.25, 0.3) is 5.56 Å². The van der Waals surface area contributed by atoms with Gasteiger partial charge in [-0.05, 0) is 39.7 Å². The van der Waals surface area contributed by atoms with E-state index in [2.05, 4.69) is 20.8 Å². The van der Waals surface area contributed by atoms with Crippen LogP contribution in [0.5, 0.6) is 11.5 Å². The molecule has 3 aromatic rings. The van der Waals surface area contributed by atoms with Crippen LogP contribution < -0.4 is 15.0 Å². The molecule has 2 aromatic carbocycles.